The van der Waals surface area contributed by atoms with Crippen molar-refractivity contribution in [1.29, 1.82) is 0 Å². The summed E-state index contributed by atoms with van der Waals surface area (Å²) in [4.78, 5) is 0. The predicted octanol–water partition coefficient (Wildman–Crippen LogP) is 2.27. The first-order chi connectivity index (χ1) is 5.79. The summed E-state index contributed by atoms with van der Waals surface area (Å²) >= 11 is 0. The van der Waals surface area contributed by atoms with Crippen LogP contribution in [0.2, 0.25) is 0 Å². The molecule has 0 radical (unpaired) electrons. The average molecular weight is 168 g/mol. The highest BCUT2D eigenvalue weighted by Gasteiger charge is 2.14. The van der Waals surface area contributed by atoms with E-state index in [1.165, 1.54) is 0 Å². The molecule has 0 aliphatic carbocycles. The Kier molecular flexibility index (Phi) is 3.88. The Balaban J connectivity index is 2.05. The van der Waals surface area contributed by atoms with Gasteiger partial charge in [0.05, 0.1) is 12.4 Å². The third kappa shape index (κ3) is 3.58. The molecule has 1 aliphatic heterocycles. The van der Waals surface area contributed by atoms with Crippen molar-refractivity contribution in [2.45, 2.75) is 25.9 Å². The van der Waals surface area contributed by atoms with Crippen molar-refractivity contribution in [3.63, 3.8) is 0 Å². The minimum absolute atomic E-state index is 0.305. The molecule has 1 atom stereocenters. The van der Waals surface area contributed by atoms with Gasteiger partial charge in [0.25, 0.3) is 0 Å². The van der Waals surface area contributed by atoms with E-state index in [-0.39, 0.29) is 0 Å². The summed E-state index contributed by atoms with van der Waals surface area (Å²) in [6.45, 7) is 7.22. The van der Waals surface area contributed by atoms with Crippen LogP contribution < -0.4 is 0 Å². The van der Waals surface area contributed by atoms with Gasteiger partial charge in [-0.2, -0.15) is 0 Å². The van der Waals surface area contributed by atoms with Gasteiger partial charge in [0.2, 0.25) is 0 Å². The summed E-state index contributed by atoms with van der Waals surface area (Å²) in [5.74, 6) is 0. The van der Waals surface area contributed by atoms with Crippen LogP contribution in [0.1, 0.15) is 19.8 Å². The molecule has 1 aliphatic rings. The lowest BCUT2D eigenvalue weighted by molar-refractivity contribution is 0.0519. The Morgan fingerprint density at radius 2 is 2.58 bits per heavy atom. The average Bonchev–Trinajstić information content (AvgIpc) is 2.49. The van der Waals surface area contributed by atoms with E-state index in [2.05, 4.69) is 6.58 Å². The van der Waals surface area contributed by atoms with Gasteiger partial charge in [0, 0.05) is 6.61 Å². The maximum absolute atomic E-state index is 5.38. The highest BCUT2D eigenvalue weighted by molar-refractivity contribution is 5.08. The van der Waals surface area contributed by atoms with Crippen LogP contribution in [0.25, 0.3) is 0 Å². The Morgan fingerprint density at radius 3 is 3.17 bits per heavy atom. The third-order valence-electron chi connectivity index (χ3n) is 1.75. The second-order valence-corrected chi connectivity index (χ2v) is 3.12. The van der Waals surface area contributed by atoms with Gasteiger partial charge >= 0.3 is 0 Å². The number of rotatable bonds is 4. The number of ether oxygens (including phenoxy) is 2. The molecule has 0 bridgehead atoms. The van der Waals surface area contributed by atoms with Crippen LogP contribution in [0.4, 0.5) is 0 Å². The third-order valence-corrected chi connectivity index (χ3v) is 1.75. The highest BCUT2D eigenvalue weighted by atomic mass is 16.5. The Labute approximate surface area is 73.9 Å². The highest BCUT2D eigenvalue weighted by Crippen LogP contribution is 2.11. The minimum atomic E-state index is 0.305. The Hall–Kier alpha value is -0.760. The van der Waals surface area contributed by atoms with Crippen molar-refractivity contribution in [1.82, 2.24) is 0 Å². The number of hydrogen-bond acceptors (Lipinski definition) is 2. The molecule has 68 valence electrons. The van der Waals surface area contributed by atoms with Gasteiger partial charge in [-0.1, -0.05) is 12.2 Å². The van der Waals surface area contributed by atoms with Gasteiger partial charge in [-0.05, 0) is 25.8 Å². The zero-order valence-electron chi connectivity index (χ0n) is 7.58. The van der Waals surface area contributed by atoms with Crippen LogP contribution in [0.15, 0.2) is 24.5 Å². The standard InChI is InChI=1S/C10H16O2/c1-9(2)5-7-11-8-10-4-3-6-12-10/h5,7,10H,1,3-4,6,8H2,2H3/b7-5+. The van der Waals surface area contributed by atoms with Gasteiger partial charge in [-0.15, -0.1) is 0 Å². The molecule has 0 amide bonds. The van der Waals surface area contributed by atoms with Crippen LogP contribution in [-0.2, 0) is 9.47 Å². The van der Waals surface area contributed by atoms with Crippen molar-refractivity contribution < 1.29 is 9.47 Å². The van der Waals surface area contributed by atoms with Crippen LogP contribution in [-0.4, -0.2) is 19.3 Å². The molecule has 1 saturated heterocycles. The molecule has 2 nitrogen and oxygen atoms in total. The van der Waals surface area contributed by atoms with E-state index in [9.17, 15) is 0 Å². The molecular weight excluding hydrogens is 152 g/mol. The fraction of sp³-hybridized carbons (Fsp3) is 0.600. The van der Waals surface area contributed by atoms with Crippen molar-refractivity contribution in [3.8, 4) is 0 Å². The van der Waals surface area contributed by atoms with Crippen molar-refractivity contribution >= 4 is 0 Å². The molecule has 0 N–H and O–H groups in total. The zero-order valence-corrected chi connectivity index (χ0v) is 7.58. The monoisotopic (exact) mass is 168 g/mol. The van der Waals surface area contributed by atoms with E-state index in [0.29, 0.717) is 12.7 Å². The van der Waals surface area contributed by atoms with Crippen LogP contribution in [0.3, 0.4) is 0 Å². The molecular formula is C10H16O2. The van der Waals surface area contributed by atoms with Gasteiger partial charge < -0.3 is 9.47 Å². The van der Waals surface area contributed by atoms with Crippen LogP contribution >= 0.6 is 0 Å². The summed E-state index contributed by atoms with van der Waals surface area (Å²) in [7, 11) is 0. The molecule has 1 fully saturated rings. The van der Waals surface area contributed by atoms with Crippen molar-refractivity contribution in [2.75, 3.05) is 13.2 Å². The minimum Gasteiger partial charge on any atom is -0.498 e. The van der Waals surface area contributed by atoms with E-state index in [0.717, 1.165) is 25.0 Å². The van der Waals surface area contributed by atoms with Crippen molar-refractivity contribution in [2.24, 2.45) is 0 Å². The zero-order chi connectivity index (χ0) is 8.81. The number of hydrogen-bond donors (Lipinski definition) is 0. The predicted molar refractivity (Wildman–Crippen MR) is 48.9 cm³/mol. The van der Waals surface area contributed by atoms with E-state index in [1.54, 1.807) is 6.26 Å². The van der Waals surface area contributed by atoms with Gasteiger partial charge in [0.15, 0.2) is 0 Å². The maximum atomic E-state index is 5.38. The van der Waals surface area contributed by atoms with Gasteiger partial charge in [-0.3, -0.25) is 0 Å². The summed E-state index contributed by atoms with van der Waals surface area (Å²) in [5, 5.41) is 0. The molecule has 0 aromatic carbocycles. The molecule has 1 unspecified atom stereocenters. The molecule has 0 aromatic heterocycles. The smallest absolute Gasteiger partial charge is 0.113 e. The molecule has 2 heteroatoms. The lowest BCUT2D eigenvalue weighted by Crippen LogP contribution is -2.11. The first kappa shape index (κ1) is 9.33. The van der Waals surface area contributed by atoms with Crippen molar-refractivity contribution in [3.05, 3.63) is 24.5 Å². The second kappa shape index (κ2) is 4.99. The van der Waals surface area contributed by atoms with E-state index in [1.807, 2.05) is 13.0 Å². The summed E-state index contributed by atoms with van der Waals surface area (Å²) in [6, 6.07) is 0. The molecule has 0 spiro atoms. The lowest BCUT2D eigenvalue weighted by atomic mass is 10.2. The van der Waals surface area contributed by atoms with E-state index < -0.39 is 0 Å². The lowest BCUT2D eigenvalue weighted by Gasteiger charge is -2.07. The molecule has 0 aromatic rings. The Bertz CT molecular complexity index is 167. The quantitative estimate of drug-likeness (QED) is 0.473. The Morgan fingerprint density at radius 1 is 1.75 bits per heavy atom. The first-order valence-corrected chi connectivity index (χ1v) is 4.34. The fourth-order valence-electron chi connectivity index (χ4n) is 1.10. The molecule has 1 heterocycles. The summed E-state index contributed by atoms with van der Waals surface area (Å²) in [5.41, 5.74) is 1.00. The van der Waals surface area contributed by atoms with Gasteiger partial charge in [-0.25, -0.2) is 0 Å². The largest absolute Gasteiger partial charge is 0.498 e. The SMILES string of the molecule is C=C(C)/C=C/OCC1CCCO1. The van der Waals surface area contributed by atoms with Crippen LogP contribution in [0.5, 0.6) is 0 Å². The topological polar surface area (TPSA) is 18.5 Å². The van der Waals surface area contributed by atoms with Crippen LogP contribution in [0, 0.1) is 0 Å². The fourth-order valence-corrected chi connectivity index (χ4v) is 1.10. The summed E-state index contributed by atoms with van der Waals surface area (Å²) in [6.07, 6.45) is 6.14. The maximum Gasteiger partial charge on any atom is 0.113 e. The normalized spacial score (nSPS) is 23.2. The molecule has 12 heavy (non-hydrogen) atoms. The second-order valence-electron chi connectivity index (χ2n) is 3.12. The molecule has 0 saturated carbocycles. The first-order valence-electron chi connectivity index (χ1n) is 4.34. The number of allylic oxidation sites excluding steroid dienone is 2. The summed E-state index contributed by atoms with van der Waals surface area (Å²) < 4.78 is 10.6. The molecule has 1 rings (SSSR count). The van der Waals surface area contributed by atoms with E-state index >= 15 is 0 Å². The van der Waals surface area contributed by atoms with Gasteiger partial charge in [0.1, 0.15) is 6.61 Å². The van der Waals surface area contributed by atoms with E-state index in [4.69, 9.17) is 9.47 Å².